The maximum absolute atomic E-state index is 11.7. The van der Waals surface area contributed by atoms with Crippen molar-refractivity contribution in [1.29, 1.82) is 0 Å². The molecule has 2 fully saturated rings. The Labute approximate surface area is 87.4 Å². The SMILES string of the molecule is CCC1(C)CC12C(=O)NC(=S)NC2=O. The lowest BCUT2D eigenvalue weighted by Gasteiger charge is -2.25. The van der Waals surface area contributed by atoms with Gasteiger partial charge in [0.1, 0.15) is 5.41 Å². The van der Waals surface area contributed by atoms with Crippen LogP contribution in [0.25, 0.3) is 0 Å². The van der Waals surface area contributed by atoms with Crippen LogP contribution in [-0.2, 0) is 9.59 Å². The largest absolute Gasteiger partial charge is 0.302 e. The van der Waals surface area contributed by atoms with Gasteiger partial charge in [0.05, 0.1) is 0 Å². The number of hydrogen-bond donors (Lipinski definition) is 2. The van der Waals surface area contributed by atoms with E-state index < -0.39 is 5.41 Å². The number of nitrogens with one attached hydrogen (secondary N) is 2. The summed E-state index contributed by atoms with van der Waals surface area (Å²) in [6, 6.07) is 0. The predicted octanol–water partition coefficient (Wildman–Crippen LogP) is 0.324. The first kappa shape index (κ1) is 9.58. The number of thiocarbonyl (C=S) groups is 1. The Balaban J connectivity index is 2.34. The maximum Gasteiger partial charge on any atom is 0.242 e. The van der Waals surface area contributed by atoms with Crippen molar-refractivity contribution in [3.8, 4) is 0 Å². The predicted molar refractivity (Wildman–Crippen MR) is 54.3 cm³/mol. The second kappa shape index (κ2) is 2.53. The zero-order valence-electron chi connectivity index (χ0n) is 8.14. The molecule has 2 N–H and O–H groups in total. The molecule has 1 heterocycles. The molecule has 4 nitrogen and oxygen atoms in total. The van der Waals surface area contributed by atoms with Crippen LogP contribution in [0, 0.1) is 10.8 Å². The van der Waals surface area contributed by atoms with Gasteiger partial charge in [-0.3, -0.25) is 9.59 Å². The minimum Gasteiger partial charge on any atom is -0.302 e. The van der Waals surface area contributed by atoms with Crippen LogP contribution in [0.15, 0.2) is 0 Å². The zero-order chi connectivity index (χ0) is 10.6. The Morgan fingerprint density at radius 1 is 1.36 bits per heavy atom. The summed E-state index contributed by atoms with van der Waals surface area (Å²) in [5.41, 5.74) is -1.05. The molecule has 1 unspecified atom stereocenters. The van der Waals surface area contributed by atoms with Gasteiger partial charge in [-0.15, -0.1) is 0 Å². The van der Waals surface area contributed by atoms with Crippen molar-refractivity contribution in [3.05, 3.63) is 0 Å². The average molecular weight is 212 g/mol. The molecule has 5 heteroatoms. The summed E-state index contributed by atoms with van der Waals surface area (Å²) in [5, 5.41) is 5.15. The van der Waals surface area contributed by atoms with E-state index in [4.69, 9.17) is 12.2 Å². The van der Waals surface area contributed by atoms with Gasteiger partial charge in [-0.2, -0.15) is 0 Å². The average Bonchev–Trinajstić information content (AvgIpc) is 2.72. The Hall–Kier alpha value is -0.970. The van der Waals surface area contributed by atoms with E-state index in [1.807, 2.05) is 13.8 Å². The first-order valence-electron chi connectivity index (χ1n) is 4.63. The van der Waals surface area contributed by atoms with Gasteiger partial charge in [0.25, 0.3) is 0 Å². The number of rotatable bonds is 1. The molecule has 0 bridgehead atoms. The minimum atomic E-state index is -0.857. The molecule has 1 spiro atoms. The van der Waals surface area contributed by atoms with Gasteiger partial charge in [0.2, 0.25) is 11.8 Å². The summed E-state index contributed by atoms with van der Waals surface area (Å²) < 4.78 is 0. The van der Waals surface area contributed by atoms with E-state index in [1.54, 1.807) is 0 Å². The number of hydrogen-bond acceptors (Lipinski definition) is 3. The minimum absolute atomic E-state index is 0.121. The summed E-state index contributed by atoms with van der Waals surface area (Å²) in [5.74, 6) is -0.480. The van der Waals surface area contributed by atoms with Gasteiger partial charge in [-0.25, -0.2) is 0 Å². The molecule has 1 saturated carbocycles. The smallest absolute Gasteiger partial charge is 0.242 e. The fourth-order valence-electron chi connectivity index (χ4n) is 2.23. The maximum atomic E-state index is 11.7. The molecule has 0 aromatic rings. The highest BCUT2D eigenvalue weighted by Crippen LogP contribution is 2.66. The fraction of sp³-hybridized carbons (Fsp3) is 0.667. The highest BCUT2D eigenvalue weighted by molar-refractivity contribution is 7.80. The molecule has 0 aromatic carbocycles. The van der Waals surface area contributed by atoms with Crippen LogP contribution in [0.4, 0.5) is 0 Å². The van der Waals surface area contributed by atoms with Gasteiger partial charge < -0.3 is 10.6 Å². The summed E-state index contributed by atoms with van der Waals surface area (Å²) in [7, 11) is 0. The second-order valence-corrected chi connectivity index (χ2v) is 4.64. The van der Waals surface area contributed by atoms with Crippen LogP contribution in [0.3, 0.4) is 0 Å². The quantitative estimate of drug-likeness (QED) is 0.486. The van der Waals surface area contributed by atoms with E-state index in [0.717, 1.165) is 6.42 Å². The number of carbonyl (C=O) groups is 2. The molecular formula is C9H12N2O2S. The van der Waals surface area contributed by atoms with Crippen molar-refractivity contribution in [2.24, 2.45) is 10.8 Å². The standard InChI is InChI=1S/C9H12N2O2S/c1-3-8(2)4-9(8)5(12)10-7(14)11-6(9)13/h3-4H2,1-2H3,(H2,10,11,12,13,14). The number of amides is 2. The Morgan fingerprint density at radius 2 is 1.86 bits per heavy atom. The fourth-order valence-corrected chi connectivity index (χ4v) is 2.42. The topological polar surface area (TPSA) is 58.2 Å². The molecule has 2 rings (SSSR count). The lowest BCUT2D eigenvalue weighted by Crippen LogP contribution is -2.58. The molecule has 0 aromatic heterocycles. The molecule has 2 amide bonds. The third-order valence-corrected chi connectivity index (χ3v) is 3.77. The van der Waals surface area contributed by atoms with Crippen molar-refractivity contribution >= 4 is 29.1 Å². The van der Waals surface area contributed by atoms with E-state index in [-0.39, 0.29) is 22.3 Å². The van der Waals surface area contributed by atoms with Crippen LogP contribution >= 0.6 is 12.2 Å². The summed E-state index contributed by atoms with van der Waals surface area (Å²) in [4.78, 5) is 23.4. The molecule has 1 atom stereocenters. The highest BCUT2D eigenvalue weighted by Gasteiger charge is 2.74. The number of carbonyl (C=O) groups excluding carboxylic acids is 2. The molecule has 76 valence electrons. The van der Waals surface area contributed by atoms with Gasteiger partial charge in [0.15, 0.2) is 5.11 Å². The molecule has 1 saturated heterocycles. The first-order valence-corrected chi connectivity index (χ1v) is 5.04. The summed E-state index contributed by atoms with van der Waals surface area (Å²) in [6.45, 7) is 3.95. The van der Waals surface area contributed by atoms with Gasteiger partial charge >= 0.3 is 0 Å². The summed E-state index contributed by atoms with van der Waals surface area (Å²) >= 11 is 4.74. The van der Waals surface area contributed by atoms with Crippen LogP contribution < -0.4 is 10.6 Å². The van der Waals surface area contributed by atoms with Crippen molar-refractivity contribution in [1.82, 2.24) is 10.6 Å². The van der Waals surface area contributed by atoms with E-state index >= 15 is 0 Å². The van der Waals surface area contributed by atoms with Crippen molar-refractivity contribution in [2.75, 3.05) is 0 Å². The van der Waals surface area contributed by atoms with E-state index in [9.17, 15) is 9.59 Å². The van der Waals surface area contributed by atoms with Gasteiger partial charge in [-0.05, 0) is 30.5 Å². The van der Waals surface area contributed by atoms with Crippen LogP contribution in [-0.4, -0.2) is 16.9 Å². The van der Waals surface area contributed by atoms with Crippen LogP contribution in [0.2, 0.25) is 0 Å². The molecule has 1 aliphatic heterocycles. The monoisotopic (exact) mass is 212 g/mol. The van der Waals surface area contributed by atoms with Gasteiger partial charge in [0, 0.05) is 0 Å². The van der Waals surface area contributed by atoms with E-state index in [2.05, 4.69) is 10.6 Å². The van der Waals surface area contributed by atoms with E-state index in [1.165, 1.54) is 0 Å². The molecule has 14 heavy (non-hydrogen) atoms. The van der Waals surface area contributed by atoms with Gasteiger partial charge in [-0.1, -0.05) is 13.8 Å². The molecular weight excluding hydrogens is 200 g/mol. The van der Waals surface area contributed by atoms with Crippen molar-refractivity contribution in [2.45, 2.75) is 26.7 Å². The normalized spacial score (nSPS) is 34.0. The third kappa shape index (κ3) is 0.904. The highest BCUT2D eigenvalue weighted by atomic mass is 32.1. The van der Waals surface area contributed by atoms with Crippen LogP contribution in [0.1, 0.15) is 26.7 Å². The lowest BCUT2D eigenvalue weighted by molar-refractivity contribution is -0.138. The first-order chi connectivity index (χ1) is 6.46. The van der Waals surface area contributed by atoms with Crippen LogP contribution in [0.5, 0.6) is 0 Å². The zero-order valence-corrected chi connectivity index (χ0v) is 8.96. The Bertz CT molecular complexity index is 333. The Kier molecular flexibility index (Phi) is 1.73. The Morgan fingerprint density at radius 3 is 2.21 bits per heavy atom. The molecule has 0 radical (unpaired) electrons. The molecule has 1 aliphatic carbocycles. The van der Waals surface area contributed by atoms with Crippen molar-refractivity contribution in [3.63, 3.8) is 0 Å². The second-order valence-electron chi connectivity index (χ2n) is 4.23. The summed E-state index contributed by atoms with van der Waals surface area (Å²) in [6.07, 6.45) is 1.44. The molecule has 2 aliphatic rings. The van der Waals surface area contributed by atoms with E-state index in [0.29, 0.717) is 6.42 Å². The third-order valence-electron chi connectivity index (χ3n) is 3.57. The van der Waals surface area contributed by atoms with Crippen molar-refractivity contribution < 1.29 is 9.59 Å². The lowest BCUT2D eigenvalue weighted by atomic mass is 9.89.